The maximum absolute atomic E-state index is 12.1. The van der Waals surface area contributed by atoms with E-state index in [4.69, 9.17) is 4.74 Å². The summed E-state index contributed by atoms with van der Waals surface area (Å²) in [6.45, 7) is 7.49. The Morgan fingerprint density at radius 2 is 2.35 bits per heavy atom. The number of aromatic nitrogens is 1. The first-order valence-electron chi connectivity index (χ1n) is 7.27. The van der Waals surface area contributed by atoms with Crippen LogP contribution in [0, 0.1) is 5.92 Å². The minimum Gasteiger partial charge on any atom is -0.480 e. The zero-order chi connectivity index (χ0) is 14.1. The summed E-state index contributed by atoms with van der Waals surface area (Å²) in [5.41, 5.74) is 0. The van der Waals surface area contributed by atoms with Gasteiger partial charge in [-0.2, -0.15) is 0 Å². The Balaban J connectivity index is 1.73. The Morgan fingerprint density at radius 3 is 3.10 bits per heavy atom. The lowest BCUT2D eigenvalue weighted by Crippen LogP contribution is -2.43. The second-order valence-electron chi connectivity index (χ2n) is 5.86. The van der Waals surface area contributed by atoms with E-state index in [1.807, 2.05) is 12.1 Å². The van der Waals surface area contributed by atoms with Crippen molar-refractivity contribution in [2.45, 2.75) is 26.3 Å². The molecule has 3 rings (SSSR count). The normalized spacial score (nSPS) is 23.1. The van der Waals surface area contributed by atoms with E-state index < -0.39 is 0 Å². The SMILES string of the molecule is CC(C)N1CC[C@H](CN2C(=O)COc3cccnc32)C1. The minimum atomic E-state index is 0.0131. The molecule has 1 aromatic rings. The van der Waals surface area contributed by atoms with Gasteiger partial charge in [0.1, 0.15) is 0 Å². The van der Waals surface area contributed by atoms with E-state index in [-0.39, 0.29) is 12.5 Å². The highest BCUT2D eigenvalue weighted by molar-refractivity contribution is 5.96. The lowest BCUT2D eigenvalue weighted by molar-refractivity contribution is -0.121. The Bertz CT molecular complexity index is 504. The van der Waals surface area contributed by atoms with Crippen LogP contribution in [-0.2, 0) is 4.79 Å². The maximum Gasteiger partial charge on any atom is 0.266 e. The molecule has 1 atom stereocenters. The Hall–Kier alpha value is -1.62. The van der Waals surface area contributed by atoms with Crippen LogP contribution >= 0.6 is 0 Å². The first kappa shape index (κ1) is 13.4. The molecule has 1 fully saturated rings. The standard InChI is InChI=1S/C15H21N3O2/c1-11(2)17-7-5-12(8-17)9-18-14(19)10-20-13-4-3-6-16-15(13)18/h3-4,6,11-12H,5,7-10H2,1-2H3/t12-/m0/s1. The average molecular weight is 275 g/mol. The van der Waals surface area contributed by atoms with Gasteiger partial charge >= 0.3 is 0 Å². The van der Waals surface area contributed by atoms with Crippen molar-refractivity contribution in [2.24, 2.45) is 5.92 Å². The number of carbonyl (C=O) groups excluding carboxylic acids is 1. The Labute approximate surface area is 119 Å². The van der Waals surface area contributed by atoms with Crippen molar-refractivity contribution in [1.82, 2.24) is 9.88 Å². The van der Waals surface area contributed by atoms with Crippen LogP contribution in [0.3, 0.4) is 0 Å². The number of pyridine rings is 1. The van der Waals surface area contributed by atoms with Gasteiger partial charge in [-0.25, -0.2) is 4.98 Å². The molecule has 1 amide bonds. The first-order chi connectivity index (χ1) is 9.65. The van der Waals surface area contributed by atoms with Crippen LogP contribution in [0.4, 0.5) is 5.82 Å². The summed E-state index contributed by atoms with van der Waals surface area (Å²) in [6, 6.07) is 4.28. The molecule has 2 aliphatic rings. The molecule has 0 saturated carbocycles. The molecule has 0 spiro atoms. The summed E-state index contributed by atoms with van der Waals surface area (Å²) >= 11 is 0. The summed E-state index contributed by atoms with van der Waals surface area (Å²) in [6.07, 6.45) is 2.86. The molecule has 1 aromatic heterocycles. The molecule has 108 valence electrons. The van der Waals surface area contributed by atoms with Gasteiger partial charge in [0.15, 0.2) is 18.2 Å². The van der Waals surface area contributed by atoms with Gasteiger partial charge in [0.05, 0.1) is 0 Å². The number of anilines is 1. The Morgan fingerprint density at radius 1 is 1.50 bits per heavy atom. The van der Waals surface area contributed by atoms with Crippen molar-refractivity contribution >= 4 is 11.7 Å². The fourth-order valence-electron chi connectivity index (χ4n) is 2.96. The molecule has 0 N–H and O–H groups in total. The number of ether oxygens (including phenoxy) is 1. The van der Waals surface area contributed by atoms with Crippen LogP contribution in [-0.4, -0.2) is 48.1 Å². The molecule has 20 heavy (non-hydrogen) atoms. The molecular formula is C15H21N3O2. The van der Waals surface area contributed by atoms with Crippen LogP contribution in [0.25, 0.3) is 0 Å². The predicted octanol–water partition coefficient (Wildman–Crippen LogP) is 1.54. The van der Waals surface area contributed by atoms with Gasteiger partial charge in [-0.3, -0.25) is 9.69 Å². The lowest BCUT2D eigenvalue weighted by Gasteiger charge is -2.30. The van der Waals surface area contributed by atoms with Gasteiger partial charge in [0.25, 0.3) is 5.91 Å². The van der Waals surface area contributed by atoms with Gasteiger partial charge in [-0.1, -0.05) is 0 Å². The van der Waals surface area contributed by atoms with Crippen LogP contribution in [0.5, 0.6) is 5.75 Å². The molecule has 2 aliphatic heterocycles. The van der Waals surface area contributed by atoms with E-state index in [0.717, 1.165) is 26.1 Å². The largest absolute Gasteiger partial charge is 0.480 e. The van der Waals surface area contributed by atoms with Crippen LogP contribution in [0.2, 0.25) is 0 Å². The van der Waals surface area contributed by atoms with E-state index in [9.17, 15) is 4.79 Å². The number of amides is 1. The monoisotopic (exact) mass is 275 g/mol. The van der Waals surface area contributed by atoms with E-state index in [0.29, 0.717) is 23.5 Å². The van der Waals surface area contributed by atoms with Crippen molar-refractivity contribution in [1.29, 1.82) is 0 Å². The number of likely N-dealkylation sites (tertiary alicyclic amines) is 1. The molecule has 0 unspecified atom stereocenters. The Kier molecular flexibility index (Phi) is 3.61. The van der Waals surface area contributed by atoms with Gasteiger partial charge in [0, 0.05) is 25.3 Å². The third-order valence-corrected chi connectivity index (χ3v) is 4.15. The number of nitrogens with zero attached hydrogens (tertiary/aromatic N) is 3. The van der Waals surface area contributed by atoms with E-state index >= 15 is 0 Å². The van der Waals surface area contributed by atoms with Crippen molar-refractivity contribution in [3.05, 3.63) is 18.3 Å². The number of carbonyl (C=O) groups is 1. The highest BCUT2D eigenvalue weighted by Crippen LogP contribution is 2.31. The van der Waals surface area contributed by atoms with Gasteiger partial charge in [-0.05, 0) is 44.9 Å². The van der Waals surface area contributed by atoms with Crippen molar-refractivity contribution in [2.75, 3.05) is 31.1 Å². The fourth-order valence-corrected chi connectivity index (χ4v) is 2.96. The summed E-state index contributed by atoms with van der Waals surface area (Å²) in [7, 11) is 0. The molecule has 3 heterocycles. The summed E-state index contributed by atoms with van der Waals surface area (Å²) < 4.78 is 5.43. The number of fused-ring (bicyclic) bond motifs is 1. The number of rotatable bonds is 3. The van der Waals surface area contributed by atoms with E-state index in [1.165, 1.54) is 0 Å². The molecule has 0 bridgehead atoms. The number of hydrogen-bond donors (Lipinski definition) is 0. The first-order valence-corrected chi connectivity index (χ1v) is 7.27. The molecular weight excluding hydrogens is 254 g/mol. The molecule has 5 nitrogen and oxygen atoms in total. The zero-order valence-corrected chi connectivity index (χ0v) is 12.1. The molecule has 5 heteroatoms. The molecule has 1 saturated heterocycles. The lowest BCUT2D eigenvalue weighted by atomic mass is 10.1. The van der Waals surface area contributed by atoms with Crippen LogP contribution < -0.4 is 9.64 Å². The molecule has 0 radical (unpaired) electrons. The molecule has 0 aliphatic carbocycles. The van der Waals surface area contributed by atoms with Gasteiger partial charge in [-0.15, -0.1) is 0 Å². The van der Waals surface area contributed by atoms with Crippen molar-refractivity contribution in [3.63, 3.8) is 0 Å². The smallest absolute Gasteiger partial charge is 0.266 e. The second kappa shape index (κ2) is 5.40. The quantitative estimate of drug-likeness (QED) is 0.839. The van der Waals surface area contributed by atoms with Gasteiger partial charge < -0.3 is 9.64 Å². The highest BCUT2D eigenvalue weighted by Gasteiger charge is 2.32. The highest BCUT2D eigenvalue weighted by atomic mass is 16.5. The van der Waals surface area contributed by atoms with Crippen molar-refractivity contribution < 1.29 is 9.53 Å². The van der Waals surface area contributed by atoms with E-state index in [1.54, 1.807) is 11.1 Å². The summed E-state index contributed by atoms with van der Waals surface area (Å²) in [5.74, 6) is 1.92. The maximum atomic E-state index is 12.1. The predicted molar refractivity (Wildman–Crippen MR) is 76.9 cm³/mol. The van der Waals surface area contributed by atoms with Crippen LogP contribution in [0.15, 0.2) is 18.3 Å². The van der Waals surface area contributed by atoms with Gasteiger partial charge in [0.2, 0.25) is 0 Å². The summed E-state index contributed by atoms with van der Waals surface area (Å²) in [4.78, 5) is 20.7. The second-order valence-corrected chi connectivity index (χ2v) is 5.86. The third-order valence-electron chi connectivity index (χ3n) is 4.15. The number of hydrogen-bond acceptors (Lipinski definition) is 4. The average Bonchev–Trinajstić information content (AvgIpc) is 2.91. The third kappa shape index (κ3) is 2.50. The molecule has 0 aromatic carbocycles. The topological polar surface area (TPSA) is 45.7 Å². The fraction of sp³-hybridized carbons (Fsp3) is 0.600. The minimum absolute atomic E-state index is 0.0131. The van der Waals surface area contributed by atoms with E-state index in [2.05, 4.69) is 23.7 Å². The van der Waals surface area contributed by atoms with Crippen LogP contribution in [0.1, 0.15) is 20.3 Å². The summed E-state index contributed by atoms with van der Waals surface area (Å²) in [5, 5.41) is 0. The van der Waals surface area contributed by atoms with Crippen molar-refractivity contribution in [3.8, 4) is 5.75 Å². The zero-order valence-electron chi connectivity index (χ0n) is 12.1.